The number of rotatable bonds is 5. The molecule has 1 atom stereocenters. The van der Waals surface area contributed by atoms with Gasteiger partial charge in [0.15, 0.2) is 17.5 Å². The number of aromatic nitrogens is 4. The molecule has 50 heavy (non-hydrogen) atoms. The lowest BCUT2D eigenvalue weighted by atomic mass is 9.86. The minimum Gasteiger partial charge on any atom is -0.460 e. The largest absolute Gasteiger partial charge is 0.460 e. The van der Waals surface area contributed by atoms with Gasteiger partial charge in [-0.3, -0.25) is 4.98 Å². The van der Waals surface area contributed by atoms with Gasteiger partial charge in [-0.15, -0.1) is 0 Å². The summed E-state index contributed by atoms with van der Waals surface area (Å²) in [5.41, 5.74) is 9.44. The maximum atomic E-state index is 6.71. The first-order chi connectivity index (χ1) is 24.8. The van der Waals surface area contributed by atoms with Gasteiger partial charge < -0.3 is 8.83 Å². The van der Waals surface area contributed by atoms with E-state index in [1.807, 2.05) is 97.2 Å². The Balaban J connectivity index is 1.14. The van der Waals surface area contributed by atoms with Crippen molar-refractivity contribution in [3.8, 4) is 45.4 Å². The Morgan fingerprint density at radius 1 is 0.520 bits per heavy atom. The molecule has 0 fully saturated rings. The molecule has 0 bridgehead atoms. The fraction of sp³-hybridized carbons (Fsp3) is 0.0455. The van der Waals surface area contributed by atoms with E-state index >= 15 is 0 Å². The normalized spacial score (nSPS) is 14.0. The number of hydrogen-bond acceptors (Lipinski definition) is 6. The van der Waals surface area contributed by atoms with E-state index in [0.717, 1.165) is 78.6 Å². The van der Waals surface area contributed by atoms with E-state index in [0.29, 0.717) is 17.5 Å². The number of allylic oxidation sites excluding steroid dienone is 1. The highest BCUT2D eigenvalue weighted by atomic mass is 16.3. The molecule has 4 heterocycles. The molecule has 0 saturated carbocycles. The molecule has 9 aromatic rings. The highest BCUT2D eigenvalue weighted by Crippen LogP contribution is 2.44. The second kappa shape index (κ2) is 11.5. The zero-order valence-corrected chi connectivity index (χ0v) is 26.8. The maximum absolute atomic E-state index is 6.71. The molecule has 10 rings (SSSR count). The molecule has 6 nitrogen and oxygen atoms in total. The van der Waals surface area contributed by atoms with Gasteiger partial charge in [-0.25, -0.2) is 15.0 Å². The molecule has 0 amide bonds. The van der Waals surface area contributed by atoms with E-state index < -0.39 is 0 Å². The summed E-state index contributed by atoms with van der Waals surface area (Å²) in [4.78, 5) is 19.9. The Bertz CT molecular complexity index is 2730. The molecule has 0 aliphatic heterocycles. The van der Waals surface area contributed by atoms with Crippen LogP contribution in [0.1, 0.15) is 29.2 Å². The molecule has 0 radical (unpaired) electrons. The number of hydrogen-bond donors (Lipinski definition) is 0. The van der Waals surface area contributed by atoms with Crippen molar-refractivity contribution >= 4 is 39.0 Å². The van der Waals surface area contributed by atoms with Crippen molar-refractivity contribution in [1.82, 2.24) is 19.9 Å². The topological polar surface area (TPSA) is 77.8 Å². The minimum absolute atomic E-state index is 0.0776. The second-order valence-electron chi connectivity index (χ2n) is 12.5. The van der Waals surface area contributed by atoms with E-state index in [4.69, 9.17) is 23.8 Å². The Kier molecular flexibility index (Phi) is 6.52. The third-order valence-corrected chi connectivity index (χ3v) is 9.58. The summed E-state index contributed by atoms with van der Waals surface area (Å²) >= 11 is 0. The zero-order valence-electron chi connectivity index (χ0n) is 26.8. The summed E-state index contributed by atoms with van der Waals surface area (Å²) in [6.07, 6.45) is 7.10. The van der Waals surface area contributed by atoms with Crippen LogP contribution in [0.5, 0.6) is 0 Å². The second-order valence-corrected chi connectivity index (χ2v) is 12.5. The van der Waals surface area contributed by atoms with Crippen LogP contribution in [0.4, 0.5) is 0 Å². The molecule has 0 N–H and O–H groups in total. The fourth-order valence-corrected chi connectivity index (χ4v) is 7.23. The Labute approximate surface area is 287 Å². The van der Waals surface area contributed by atoms with Crippen molar-refractivity contribution in [2.45, 2.75) is 12.3 Å². The molecular formula is C44H28N4O2. The Hall–Kier alpha value is -6.66. The van der Waals surface area contributed by atoms with Gasteiger partial charge in [0.05, 0.1) is 5.69 Å². The number of para-hydroxylation sites is 1. The Morgan fingerprint density at radius 3 is 1.98 bits per heavy atom. The average Bonchev–Trinajstić information content (AvgIpc) is 3.77. The summed E-state index contributed by atoms with van der Waals surface area (Å²) in [6, 6.07) is 45.0. The Morgan fingerprint density at radius 2 is 1.20 bits per heavy atom. The minimum atomic E-state index is 0.0776. The van der Waals surface area contributed by atoms with Crippen LogP contribution in [0.3, 0.4) is 0 Å². The summed E-state index contributed by atoms with van der Waals surface area (Å²) in [5.74, 6) is 2.80. The van der Waals surface area contributed by atoms with Crippen molar-refractivity contribution in [3.05, 3.63) is 163 Å². The van der Waals surface area contributed by atoms with Crippen molar-refractivity contribution < 1.29 is 8.83 Å². The molecular weight excluding hydrogens is 617 g/mol. The van der Waals surface area contributed by atoms with E-state index in [9.17, 15) is 0 Å². The molecule has 1 aliphatic rings. The molecule has 1 aliphatic carbocycles. The third kappa shape index (κ3) is 4.65. The first-order valence-electron chi connectivity index (χ1n) is 16.7. The highest BCUT2D eigenvalue weighted by Gasteiger charge is 2.28. The molecule has 4 aromatic heterocycles. The third-order valence-electron chi connectivity index (χ3n) is 9.58. The van der Waals surface area contributed by atoms with Crippen molar-refractivity contribution in [1.29, 1.82) is 0 Å². The van der Waals surface area contributed by atoms with Crippen LogP contribution in [0.15, 0.2) is 155 Å². The predicted molar refractivity (Wildman–Crippen MR) is 198 cm³/mol. The van der Waals surface area contributed by atoms with Gasteiger partial charge in [-0.1, -0.05) is 115 Å². The summed E-state index contributed by atoms with van der Waals surface area (Å²) in [5, 5.41) is 3.01. The fourth-order valence-electron chi connectivity index (χ4n) is 7.23. The van der Waals surface area contributed by atoms with Crippen LogP contribution < -0.4 is 0 Å². The van der Waals surface area contributed by atoms with Crippen molar-refractivity contribution in [2.75, 3.05) is 0 Å². The van der Waals surface area contributed by atoms with Gasteiger partial charge in [-0.2, -0.15) is 0 Å². The molecule has 0 spiro atoms. The predicted octanol–water partition coefficient (Wildman–Crippen LogP) is 11.1. The lowest BCUT2D eigenvalue weighted by molar-refractivity contribution is 0.517. The maximum Gasteiger partial charge on any atom is 0.164 e. The number of benzene rings is 5. The standard InChI is InChI=1S/C44H28N4O2/c1-2-11-29(12-3-1)42-46-43(33-16-9-20-37-39(33)31-13-4-5-19-36(31)49-37)48-44(47-42)34-17-10-21-38-40(34)32-15-8-14-30(41(32)50-38)27-22-24-28(25-23-27)35-18-6-7-26-45-35/h1-13,15-26,30H,14H2. The SMILES string of the molecule is C1=Cc2c(oc3cccc(-c4nc(-c5ccccc5)nc(-c5cccc6oc7ccccc7c56)n4)c23)C(c2ccc(-c3ccccn3)cc2)C1. The zero-order chi connectivity index (χ0) is 33.0. The van der Waals surface area contributed by atoms with E-state index in [1.165, 1.54) is 5.56 Å². The van der Waals surface area contributed by atoms with Crippen LogP contribution in [0.25, 0.3) is 84.4 Å². The van der Waals surface area contributed by atoms with Crippen LogP contribution in [0, 0.1) is 0 Å². The first-order valence-corrected chi connectivity index (χ1v) is 16.7. The van der Waals surface area contributed by atoms with Gasteiger partial charge in [0.2, 0.25) is 0 Å². The molecule has 236 valence electrons. The van der Waals surface area contributed by atoms with Crippen LogP contribution >= 0.6 is 0 Å². The number of nitrogens with zero attached hydrogens (tertiary/aromatic N) is 4. The lowest BCUT2D eigenvalue weighted by Crippen LogP contribution is -2.04. The van der Waals surface area contributed by atoms with Gasteiger partial charge >= 0.3 is 0 Å². The summed E-state index contributed by atoms with van der Waals surface area (Å²) in [6.45, 7) is 0. The monoisotopic (exact) mass is 644 g/mol. The molecule has 1 unspecified atom stereocenters. The highest BCUT2D eigenvalue weighted by molar-refractivity contribution is 6.12. The van der Waals surface area contributed by atoms with Crippen molar-refractivity contribution in [3.63, 3.8) is 0 Å². The quantitative estimate of drug-likeness (QED) is 0.185. The summed E-state index contributed by atoms with van der Waals surface area (Å²) < 4.78 is 12.9. The number of pyridine rings is 1. The van der Waals surface area contributed by atoms with Gasteiger partial charge in [0.25, 0.3) is 0 Å². The van der Waals surface area contributed by atoms with E-state index in [1.54, 1.807) is 0 Å². The molecule has 6 heteroatoms. The van der Waals surface area contributed by atoms with E-state index in [-0.39, 0.29) is 5.92 Å². The number of fused-ring (bicyclic) bond motifs is 6. The smallest absolute Gasteiger partial charge is 0.164 e. The molecule has 5 aromatic carbocycles. The van der Waals surface area contributed by atoms with Crippen LogP contribution in [-0.2, 0) is 0 Å². The number of furan rings is 2. The average molecular weight is 645 g/mol. The van der Waals surface area contributed by atoms with Crippen LogP contribution in [0.2, 0.25) is 0 Å². The molecule has 0 saturated heterocycles. The van der Waals surface area contributed by atoms with E-state index in [2.05, 4.69) is 59.6 Å². The summed E-state index contributed by atoms with van der Waals surface area (Å²) in [7, 11) is 0. The van der Waals surface area contributed by atoms with Crippen LogP contribution in [-0.4, -0.2) is 19.9 Å². The van der Waals surface area contributed by atoms with Gasteiger partial charge in [-0.05, 0) is 42.3 Å². The van der Waals surface area contributed by atoms with Gasteiger partial charge in [0, 0.05) is 56.1 Å². The van der Waals surface area contributed by atoms with Crippen molar-refractivity contribution in [2.24, 2.45) is 0 Å². The lowest BCUT2D eigenvalue weighted by Gasteiger charge is -2.18. The first kappa shape index (κ1) is 28.4. The van der Waals surface area contributed by atoms with Gasteiger partial charge in [0.1, 0.15) is 22.5 Å².